The fraction of sp³-hybridized carbons (Fsp3) is 0.350. The predicted octanol–water partition coefficient (Wildman–Crippen LogP) is 4.07. The van der Waals surface area contributed by atoms with E-state index < -0.39 is 0 Å². The Morgan fingerprint density at radius 1 is 1.16 bits per heavy atom. The highest BCUT2D eigenvalue weighted by molar-refractivity contribution is 5.85. The third-order valence-corrected chi connectivity index (χ3v) is 4.65. The first-order valence-corrected chi connectivity index (χ1v) is 8.41. The molecule has 5 heteroatoms. The molecule has 0 aromatic heterocycles. The minimum Gasteiger partial charge on any atom is -0.335 e. The predicted molar refractivity (Wildman–Crippen MR) is 99.8 cm³/mol. The lowest BCUT2D eigenvalue weighted by atomic mass is 9.94. The Hall–Kier alpha value is -1.91. The average Bonchev–Trinajstić information content (AvgIpc) is 3.45. The molecule has 2 aromatic rings. The smallest absolute Gasteiger partial charge is 0.227 e. The second-order valence-electron chi connectivity index (χ2n) is 6.55. The standard InChI is InChI=1S/C20H23FN2O.ClH/c1-14(19(22)16-5-3-2-4-6-16)20(24)23(18-11-12-18)13-15-7-9-17(21)10-8-15;/h2-10,14,18-19H,11-13,22H2,1H3;1H. The molecular formula is C20H24ClFN2O. The van der Waals surface area contributed by atoms with Crippen LogP contribution < -0.4 is 5.73 Å². The van der Waals surface area contributed by atoms with Gasteiger partial charge in [-0.1, -0.05) is 49.4 Å². The number of hydrogen-bond acceptors (Lipinski definition) is 2. The van der Waals surface area contributed by atoms with Gasteiger partial charge in [-0.2, -0.15) is 0 Å². The number of carbonyl (C=O) groups excluding carboxylic acids is 1. The summed E-state index contributed by atoms with van der Waals surface area (Å²) >= 11 is 0. The maximum Gasteiger partial charge on any atom is 0.227 e. The number of hydrogen-bond donors (Lipinski definition) is 1. The second kappa shape index (κ2) is 8.45. The van der Waals surface area contributed by atoms with Gasteiger partial charge in [0.15, 0.2) is 0 Å². The van der Waals surface area contributed by atoms with E-state index in [0.29, 0.717) is 6.54 Å². The third kappa shape index (κ3) is 4.80. The molecule has 2 unspecified atom stereocenters. The van der Waals surface area contributed by atoms with Gasteiger partial charge in [0, 0.05) is 18.6 Å². The van der Waals surface area contributed by atoms with Crippen LogP contribution >= 0.6 is 12.4 Å². The van der Waals surface area contributed by atoms with Gasteiger partial charge < -0.3 is 10.6 Å². The normalized spacial score (nSPS) is 15.8. The van der Waals surface area contributed by atoms with Gasteiger partial charge in [0.1, 0.15) is 5.82 Å². The van der Waals surface area contributed by atoms with Crippen LogP contribution in [0, 0.1) is 11.7 Å². The Bertz CT molecular complexity index is 689. The van der Waals surface area contributed by atoms with E-state index in [4.69, 9.17) is 5.73 Å². The Kier molecular flexibility index (Phi) is 6.57. The van der Waals surface area contributed by atoms with Gasteiger partial charge in [-0.05, 0) is 36.1 Å². The summed E-state index contributed by atoms with van der Waals surface area (Å²) in [6.07, 6.45) is 2.06. The molecular weight excluding hydrogens is 339 g/mol. The van der Waals surface area contributed by atoms with Crippen molar-refractivity contribution < 1.29 is 9.18 Å². The third-order valence-electron chi connectivity index (χ3n) is 4.65. The summed E-state index contributed by atoms with van der Waals surface area (Å²) in [6.45, 7) is 2.40. The van der Waals surface area contributed by atoms with E-state index in [9.17, 15) is 9.18 Å². The van der Waals surface area contributed by atoms with Crippen molar-refractivity contribution in [2.75, 3.05) is 0 Å². The Morgan fingerprint density at radius 3 is 2.32 bits per heavy atom. The van der Waals surface area contributed by atoms with Crippen LogP contribution in [-0.2, 0) is 11.3 Å². The molecule has 0 radical (unpaired) electrons. The maximum atomic E-state index is 13.1. The van der Waals surface area contributed by atoms with Crippen LogP contribution in [0.25, 0.3) is 0 Å². The minimum atomic E-state index is -0.326. The van der Waals surface area contributed by atoms with Gasteiger partial charge in [0.2, 0.25) is 5.91 Å². The topological polar surface area (TPSA) is 46.3 Å². The number of nitrogens with zero attached hydrogens (tertiary/aromatic N) is 1. The first kappa shape index (κ1) is 19.4. The Labute approximate surface area is 154 Å². The van der Waals surface area contributed by atoms with E-state index in [2.05, 4.69) is 0 Å². The molecule has 0 spiro atoms. The molecule has 3 nitrogen and oxygen atoms in total. The first-order chi connectivity index (χ1) is 11.6. The fourth-order valence-corrected chi connectivity index (χ4v) is 2.94. The van der Waals surface area contributed by atoms with Gasteiger partial charge in [0.05, 0.1) is 5.92 Å². The van der Waals surface area contributed by atoms with Gasteiger partial charge in [-0.3, -0.25) is 4.79 Å². The van der Waals surface area contributed by atoms with Crippen molar-refractivity contribution in [3.63, 3.8) is 0 Å². The molecule has 1 saturated carbocycles. The number of carbonyl (C=O) groups is 1. The largest absolute Gasteiger partial charge is 0.335 e. The van der Waals surface area contributed by atoms with E-state index in [1.54, 1.807) is 12.1 Å². The highest BCUT2D eigenvalue weighted by Crippen LogP contribution is 2.32. The van der Waals surface area contributed by atoms with Crippen molar-refractivity contribution in [2.24, 2.45) is 11.7 Å². The van der Waals surface area contributed by atoms with Crippen LogP contribution in [0.5, 0.6) is 0 Å². The second-order valence-corrected chi connectivity index (χ2v) is 6.55. The average molecular weight is 363 g/mol. The SMILES string of the molecule is CC(C(=O)N(Cc1ccc(F)cc1)C1CC1)C(N)c1ccccc1.Cl. The summed E-state index contributed by atoms with van der Waals surface area (Å²) in [4.78, 5) is 14.9. The molecule has 3 rings (SSSR count). The zero-order valence-corrected chi connectivity index (χ0v) is 15.1. The van der Waals surface area contributed by atoms with E-state index in [1.807, 2.05) is 42.2 Å². The van der Waals surface area contributed by atoms with E-state index in [-0.39, 0.29) is 42.1 Å². The van der Waals surface area contributed by atoms with Gasteiger partial charge in [0.25, 0.3) is 0 Å². The van der Waals surface area contributed by atoms with Crippen molar-refractivity contribution >= 4 is 18.3 Å². The highest BCUT2D eigenvalue weighted by Gasteiger charge is 2.36. The first-order valence-electron chi connectivity index (χ1n) is 8.41. The Balaban J connectivity index is 0.00000225. The molecule has 1 aliphatic carbocycles. The zero-order chi connectivity index (χ0) is 17.1. The molecule has 2 aromatic carbocycles. The van der Waals surface area contributed by atoms with E-state index >= 15 is 0 Å². The Morgan fingerprint density at radius 2 is 1.76 bits per heavy atom. The van der Waals surface area contributed by atoms with Crippen LogP contribution in [-0.4, -0.2) is 16.8 Å². The number of benzene rings is 2. The summed E-state index contributed by atoms with van der Waals surface area (Å²) < 4.78 is 13.1. The van der Waals surface area contributed by atoms with Crippen LogP contribution in [0.3, 0.4) is 0 Å². The molecule has 1 amide bonds. The van der Waals surface area contributed by atoms with E-state index in [1.165, 1.54) is 12.1 Å². The molecule has 2 atom stereocenters. The van der Waals surface area contributed by atoms with Gasteiger partial charge in [-0.15, -0.1) is 12.4 Å². The van der Waals surface area contributed by atoms with Crippen molar-refractivity contribution in [1.29, 1.82) is 0 Å². The van der Waals surface area contributed by atoms with Crippen LogP contribution in [0.15, 0.2) is 54.6 Å². The molecule has 25 heavy (non-hydrogen) atoms. The van der Waals surface area contributed by atoms with Crippen LogP contribution in [0.2, 0.25) is 0 Å². The van der Waals surface area contributed by atoms with Crippen molar-refractivity contribution in [3.05, 3.63) is 71.5 Å². The lowest BCUT2D eigenvalue weighted by Crippen LogP contribution is -2.40. The summed E-state index contributed by atoms with van der Waals surface area (Å²) in [6, 6.07) is 16.0. The fourth-order valence-electron chi connectivity index (χ4n) is 2.94. The summed E-state index contributed by atoms with van der Waals surface area (Å²) in [5, 5.41) is 0. The van der Waals surface area contributed by atoms with Crippen molar-refractivity contribution in [2.45, 2.75) is 38.4 Å². The summed E-state index contributed by atoms with van der Waals surface area (Å²) in [7, 11) is 0. The highest BCUT2D eigenvalue weighted by atomic mass is 35.5. The lowest BCUT2D eigenvalue weighted by Gasteiger charge is -2.29. The number of rotatable bonds is 6. The number of amides is 1. The van der Waals surface area contributed by atoms with Crippen LogP contribution in [0.1, 0.15) is 36.9 Å². The monoisotopic (exact) mass is 362 g/mol. The molecule has 0 heterocycles. The zero-order valence-electron chi connectivity index (χ0n) is 14.3. The number of halogens is 2. The van der Waals surface area contributed by atoms with Crippen LogP contribution in [0.4, 0.5) is 4.39 Å². The molecule has 0 bridgehead atoms. The molecule has 1 fully saturated rings. The van der Waals surface area contributed by atoms with Crippen molar-refractivity contribution in [1.82, 2.24) is 4.90 Å². The quantitative estimate of drug-likeness (QED) is 0.841. The minimum absolute atomic E-state index is 0. The van der Waals surface area contributed by atoms with Gasteiger partial charge in [-0.25, -0.2) is 4.39 Å². The molecule has 134 valence electrons. The van der Waals surface area contributed by atoms with Gasteiger partial charge >= 0.3 is 0 Å². The van der Waals surface area contributed by atoms with E-state index in [0.717, 1.165) is 24.0 Å². The summed E-state index contributed by atoms with van der Waals surface area (Å²) in [5.41, 5.74) is 8.22. The molecule has 0 saturated heterocycles. The molecule has 0 aliphatic heterocycles. The van der Waals surface area contributed by atoms with Crippen molar-refractivity contribution in [3.8, 4) is 0 Å². The molecule has 1 aliphatic rings. The summed E-state index contributed by atoms with van der Waals surface area (Å²) in [5.74, 6) is -0.492. The lowest BCUT2D eigenvalue weighted by molar-refractivity contribution is -0.137. The maximum absolute atomic E-state index is 13.1. The number of nitrogens with two attached hydrogens (primary N) is 1. The molecule has 2 N–H and O–H groups in total.